The summed E-state index contributed by atoms with van der Waals surface area (Å²) in [5, 5.41) is 19.0. The predicted octanol–water partition coefficient (Wildman–Crippen LogP) is 3.82. The Bertz CT molecular complexity index is 1100. The van der Waals surface area contributed by atoms with Gasteiger partial charge in [0.1, 0.15) is 11.3 Å². The zero-order valence-electron chi connectivity index (χ0n) is 16.2. The Morgan fingerprint density at radius 2 is 2.07 bits per heavy atom. The van der Waals surface area contributed by atoms with E-state index in [0.29, 0.717) is 6.54 Å². The predicted molar refractivity (Wildman–Crippen MR) is 113 cm³/mol. The van der Waals surface area contributed by atoms with Crippen LogP contribution in [0.15, 0.2) is 42.6 Å². The molecule has 0 bridgehead atoms. The molecule has 0 unspecified atom stereocenters. The molecule has 9 heteroatoms. The van der Waals surface area contributed by atoms with Crippen LogP contribution in [-0.4, -0.2) is 32.1 Å². The number of nitro benzene ring substituents is 1. The molecule has 0 saturated heterocycles. The second-order valence-electron chi connectivity index (χ2n) is 7.09. The fourth-order valence-corrected chi connectivity index (χ4v) is 3.96. The van der Waals surface area contributed by atoms with Crippen LogP contribution in [0.4, 0.5) is 5.69 Å². The Labute approximate surface area is 178 Å². The van der Waals surface area contributed by atoms with Crippen molar-refractivity contribution in [3.8, 4) is 11.4 Å². The zero-order chi connectivity index (χ0) is 21.1. The fourth-order valence-electron chi connectivity index (χ4n) is 3.78. The molecule has 2 aromatic heterocycles. The van der Waals surface area contributed by atoms with E-state index in [9.17, 15) is 14.9 Å². The van der Waals surface area contributed by atoms with Crippen LogP contribution in [0.5, 0.6) is 0 Å². The van der Waals surface area contributed by atoms with Crippen molar-refractivity contribution in [2.75, 3.05) is 6.54 Å². The molecule has 4 rings (SSSR count). The van der Waals surface area contributed by atoms with E-state index in [1.165, 1.54) is 29.5 Å². The quantitative estimate of drug-likeness (QED) is 0.477. The maximum atomic E-state index is 12.5. The minimum atomic E-state index is -0.589. The number of fused-ring (bicyclic) bond motifs is 1. The molecule has 1 aliphatic carbocycles. The standard InChI is InChI=1S/C21H20ClN5O3/c22-14-8-9-19(27(29)30)16(13-14)21(28)24-11-12-26-18-7-2-1-5-15(18)20(25-26)17-6-3-4-10-23-17/h3-4,6,8-10,13H,1-2,5,7,11-12H2,(H,24,28). The topological polar surface area (TPSA) is 103 Å². The summed E-state index contributed by atoms with van der Waals surface area (Å²) in [6, 6.07) is 9.70. The highest BCUT2D eigenvalue weighted by Crippen LogP contribution is 2.30. The van der Waals surface area contributed by atoms with E-state index >= 15 is 0 Å². The second kappa shape index (κ2) is 8.62. The van der Waals surface area contributed by atoms with Gasteiger partial charge in [0, 0.05) is 35.1 Å². The Kier molecular flexibility index (Phi) is 5.76. The number of nitro groups is 1. The lowest BCUT2D eigenvalue weighted by atomic mass is 9.95. The van der Waals surface area contributed by atoms with Gasteiger partial charge in [-0.3, -0.25) is 24.6 Å². The highest BCUT2D eigenvalue weighted by molar-refractivity contribution is 6.31. The van der Waals surface area contributed by atoms with Crippen molar-refractivity contribution < 1.29 is 9.72 Å². The van der Waals surface area contributed by atoms with Crippen molar-refractivity contribution in [1.82, 2.24) is 20.1 Å². The molecule has 0 radical (unpaired) electrons. The Morgan fingerprint density at radius 3 is 2.83 bits per heavy atom. The third-order valence-corrected chi connectivity index (χ3v) is 5.41. The highest BCUT2D eigenvalue weighted by atomic mass is 35.5. The van der Waals surface area contributed by atoms with Gasteiger partial charge in [0.25, 0.3) is 11.6 Å². The van der Waals surface area contributed by atoms with Gasteiger partial charge in [0.05, 0.1) is 17.2 Å². The van der Waals surface area contributed by atoms with Gasteiger partial charge < -0.3 is 5.32 Å². The maximum absolute atomic E-state index is 12.5. The van der Waals surface area contributed by atoms with E-state index in [0.717, 1.165) is 37.1 Å². The minimum absolute atomic E-state index is 0.0517. The van der Waals surface area contributed by atoms with Crippen molar-refractivity contribution in [2.24, 2.45) is 0 Å². The first-order chi connectivity index (χ1) is 14.5. The van der Waals surface area contributed by atoms with Gasteiger partial charge in [-0.2, -0.15) is 5.10 Å². The largest absolute Gasteiger partial charge is 0.350 e. The lowest BCUT2D eigenvalue weighted by Gasteiger charge is -2.14. The number of carbonyl (C=O) groups is 1. The summed E-state index contributed by atoms with van der Waals surface area (Å²) in [5.74, 6) is -0.532. The number of hydrogen-bond donors (Lipinski definition) is 1. The molecule has 1 aromatic carbocycles. The molecule has 1 aliphatic rings. The van der Waals surface area contributed by atoms with Gasteiger partial charge in [0.15, 0.2) is 0 Å². The molecule has 0 fully saturated rings. The zero-order valence-corrected chi connectivity index (χ0v) is 16.9. The molecule has 8 nitrogen and oxygen atoms in total. The van der Waals surface area contributed by atoms with Gasteiger partial charge in [-0.25, -0.2) is 0 Å². The first-order valence-electron chi connectivity index (χ1n) is 9.76. The van der Waals surface area contributed by atoms with Crippen molar-refractivity contribution in [1.29, 1.82) is 0 Å². The Balaban J connectivity index is 1.51. The van der Waals surface area contributed by atoms with Crippen LogP contribution in [0, 0.1) is 10.1 Å². The van der Waals surface area contributed by atoms with E-state index < -0.39 is 10.8 Å². The molecule has 30 heavy (non-hydrogen) atoms. The molecule has 154 valence electrons. The summed E-state index contributed by atoms with van der Waals surface area (Å²) in [5.41, 5.74) is 3.80. The van der Waals surface area contributed by atoms with E-state index in [4.69, 9.17) is 16.7 Å². The molecular weight excluding hydrogens is 406 g/mol. The molecule has 1 amide bonds. The van der Waals surface area contributed by atoms with E-state index in [2.05, 4.69) is 10.3 Å². The number of rotatable bonds is 6. The molecule has 2 heterocycles. The van der Waals surface area contributed by atoms with Gasteiger partial charge in [-0.1, -0.05) is 17.7 Å². The maximum Gasteiger partial charge on any atom is 0.282 e. The van der Waals surface area contributed by atoms with Gasteiger partial charge in [0.2, 0.25) is 0 Å². The van der Waals surface area contributed by atoms with Crippen molar-refractivity contribution in [3.05, 3.63) is 74.6 Å². The van der Waals surface area contributed by atoms with Crippen LogP contribution in [0.25, 0.3) is 11.4 Å². The number of pyridine rings is 1. The average Bonchev–Trinajstić information content (AvgIpc) is 3.13. The number of amides is 1. The molecule has 0 saturated carbocycles. The SMILES string of the molecule is O=C(NCCn1nc(-c2ccccn2)c2c1CCCC2)c1cc(Cl)ccc1[N+](=O)[O-]. The molecule has 0 aliphatic heterocycles. The number of carbonyl (C=O) groups excluding carboxylic acids is 1. The number of halogens is 1. The number of aromatic nitrogens is 3. The Hall–Kier alpha value is -3.26. The van der Waals surface area contributed by atoms with E-state index in [1.807, 2.05) is 22.9 Å². The fraction of sp³-hybridized carbons (Fsp3) is 0.286. The summed E-state index contributed by atoms with van der Waals surface area (Å²) >= 11 is 5.91. The molecule has 0 spiro atoms. The van der Waals surface area contributed by atoms with E-state index in [-0.39, 0.29) is 22.8 Å². The van der Waals surface area contributed by atoms with Crippen LogP contribution < -0.4 is 5.32 Å². The van der Waals surface area contributed by atoms with Crippen molar-refractivity contribution >= 4 is 23.2 Å². The third kappa shape index (κ3) is 4.04. The first-order valence-corrected chi connectivity index (χ1v) is 10.1. The van der Waals surface area contributed by atoms with Crippen LogP contribution in [0.2, 0.25) is 5.02 Å². The van der Waals surface area contributed by atoms with Crippen LogP contribution >= 0.6 is 11.6 Å². The Morgan fingerprint density at radius 1 is 1.23 bits per heavy atom. The lowest BCUT2D eigenvalue weighted by Crippen LogP contribution is -2.28. The number of nitrogens with one attached hydrogen (secondary N) is 1. The molecule has 0 atom stereocenters. The van der Waals surface area contributed by atoms with Crippen LogP contribution in [0.1, 0.15) is 34.5 Å². The number of nitrogens with zero attached hydrogens (tertiary/aromatic N) is 4. The summed E-state index contributed by atoms with van der Waals surface area (Å²) in [7, 11) is 0. The molecule has 3 aromatic rings. The van der Waals surface area contributed by atoms with Gasteiger partial charge in [-0.05, 0) is 49.9 Å². The third-order valence-electron chi connectivity index (χ3n) is 5.17. The normalized spacial score (nSPS) is 13.0. The summed E-state index contributed by atoms with van der Waals surface area (Å²) in [6.07, 6.45) is 5.86. The lowest BCUT2D eigenvalue weighted by molar-refractivity contribution is -0.385. The first kappa shape index (κ1) is 20.0. The number of benzene rings is 1. The second-order valence-corrected chi connectivity index (χ2v) is 7.53. The van der Waals surface area contributed by atoms with Crippen LogP contribution in [0.3, 0.4) is 0 Å². The van der Waals surface area contributed by atoms with Crippen LogP contribution in [-0.2, 0) is 19.4 Å². The van der Waals surface area contributed by atoms with Crippen molar-refractivity contribution in [3.63, 3.8) is 0 Å². The summed E-state index contributed by atoms with van der Waals surface area (Å²) in [4.78, 5) is 27.5. The average molecular weight is 426 g/mol. The summed E-state index contributed by atoms with van der Waals surface area (Å²) in [6.45, 7) is 0.757. The minimum Gasteiger partial charge on any atom is -0.350 e. The highest BCUT2D eigenvalue weighted by Gasteiger charge is 2.23. The van der Waals surface area contributed by atoms with E-state index in [1.54, 1.807) is 6.20 Å². The monoisotopic (exact) mass is 425 g/mol. The van der Waals surface area contributed by atoms with Gasteiger partial charge >= 0.3 is 0 Å². The summed E-state index contributed by atoms with van der Waals surface area (Å²) < 4.78 is 1.92. The molecular formula is C21H20ClN5O3. The van der Waals surface area contributed by atoms with Crippen molar-refractivity contribution in [2.45, 2.75) is 32.2 Å². The number of hydrogen-bond acceptors (Lipinski definition) is 5. The smallest absolute Gasteiger partial charge is 0.282 e. The molecule has 1 N–H and O–H groups in total. The van der Waals surface area contributed by atoms with Gasteiger partial charge in [-0.15, -0.1) is 0 Å².